The summed E-state index contributed by atoms with van der Waals surface area (Å²) in [5, 5.41) is 15.5. The van der Waals surface area contributed by atoms with Crippen LogP contribution in [0.25, 0.3) is 0 Å². The first kappa shape index (κ1) is 18.7. The van der Waals surface area contributed by atoms with Crippen molar-refractivity contribution in [1.82, 2.24) is 15.6 Å². The van der Waals surface area contributed by atoms with Crippen LogP contribution in [0.4, 0.5) is 4.79 Å². The summed E-state index contributed by atoms with van der Waals surface area (Å²) in [5.74, 6) is 0.468. The molecule has 1 aromatic heterocycles. The predicted molar refractivity (Wildman–Crippen MR) is 95.6 cm³/mol. The summed E-state index contributed by atoms with van der Waals surface area (Å²) in [7, 11) is 0. The molecule has 2 rings (SSSR count). The Balaban J connectivity index is 1.75. The molecule has 0 bridgehead atoms. The number of nitrogens with zero attached hydrogens (tertiary/aromatic N) is 1. The Hall–Kier alpha value is -1.62. The highest BCUT2D eigenvalue weighted by Gasteiger charge is 2.33. The van der Waals surface area contributed by atoms with Gasteiger partial charge in [0.25, 0.3) is 0 Å². The monoisotopic (exact) mass is 333 g/mol. The number of hydrogen-bond donors (Lipinski definition) is 3. The van der Waals surface area contributed by atoms with Crippen molar-refractivity contribution in [2.24, 2.45) is 17.3 Å². The van der Waals surface area contributed by atoms with Gasteiger partial charge in [-0.3, -0.25) is 4.98 Å². The number of nitrogens with one attached hydrogen (secondary N) is 2. The molecule has 5 nitrogen and oxygen atoms in total. The van der Waals surface area contributed by atoms with Gasteiger partial charge in [-0.2, -0.15) is 0 Å². The molecule has 1 aromatic rings. The maximum Gasteiger partial charge on any atom is 0.315 e. The summed E-state index contributed by atoms with van der Waals surface area (Å²) >= 11 is 0. The van der Waals surface area contributed by atoms with Gasteiger partial charge < -0.3 is 15.7 Å². The quantitative estimate of drug-likeness (QED) is 0.749. The van der Waals surface area contributed by atoms with E-state index in [9.17, 15) is 9.90 Å². The van der Waals surface area contributed by atoms with Crippen LogP contribution in [0.2, 0.25) is 0 Å². The molecular formula is C19H31N3O2. The lowest BCUT2D eigenvalue weighted by Gasteiger charge is -2.39. The number of pyridine rings is 1. The van der Waals surface area contributed by atoms with Crippen molar-refractivity contribution in [2.75, 3.05) is 13.2 Å². The van der Waals surface area contributed by atoms with Gasteiger partial charge in [0.2, 0.25) is 0 Å². The zero-order valence-electron chi connectivity index (χ0n) is 15.1. The fraction of sp³-hybridized carbons (Fsp3) is 0.684. The lowest BCUT2D eigenvalue weighted by atomic mass is 9.70. The summed E-state index contributed by atoms with van der Waals surface area (Å²) < 4.78 is 0. The fourth-order valence-electron chi connectivity index (χ4n) is 3.63. The first-order valence-corrected chi connectivity index (χ1v) is 8.95. The molecule has 0 radical (unpaired) electrons. The first-order valence-electron chi connectivity index (χ1n) is 8.95. The third kappa shape index (κ3) is 5.78. The molecule has 1 saturated carbocycles. The molecule has 134 valence electrons. The normalized spacial score (nSPS) is 24.2. The zero-order valence-corrected chi connectivity index (χ0v) is 15.1. The van der Waals surface area contributed by atoms with E-state index in [1.807, 2.05) is 18.2 Å². The predicted octanol–water partition coefficient (Wildman–Crippen LogP) is 2.75. The number of aliphatic hydroxyl groups excluding tert-OH is 1. The fourth-order valence-corrected chi connectivity index (χ4v) is 3.63. The number of aromatic nitrogens is 1. The number of carbonyl (C=O) groups is 1. The van der Waals surface area contributed by atoms with E-state index in [0.717, 1.165) is 25.0 Å². The first-order chi connectivity index (χ1) is 11.4. The summed E-state index contributed by atoms with van der Waals surface area (Å²) in [6.07, 6.45) is 5.71. The van der Waals surface area contributed by atoms with Crippen LogP contribution in [0.3, 0.4) is 0 Å². The molecule has 0 aliphatic heterocycles. The van der Waals surface area contributed by atoms with E-state index in [-0.39, 0.29) is 24.6 Å². The van der Waals surface area contributed by atoms with Crippen LogP contribution in [0.15, 0.2) is 24.4 Å². The number of rotatable bonds is 6. The van der Waals surface area contributed by atoms with Gasteiger partial charge in [-0.05, 0) is 49.1 Å². The van der Waals surface area contributed by atoms with E-state index in [1.165, 1.54) is 0 Å². The molecule has 1 fully saturated rings. The molecule has 1 aliphatic rings. The van der Waals surface area contributed by atoms with E-state index in [4.69, 9.17) is 0 Å². The molecule has 5 heteroatoms. The van der Waals surface area contributed by atoms with E-state index in [1.54, 1.807) is 6.20 Å². The van der Waals surface area contributed by atoms with Crippen molar-refractivity contribution in [3.8, 4) is 0 Å². The SMILES string of the molecule is CC1CC(C)(C)CCC1NC(=O)NCC(CO)Cc1ccccn1. The van der Waals surface area contributed by atoms with Crippen molar-refractivity contribution in [3.05, 3.63) is 30.1 Å². The van der Waals surface area contributed by atoms with Crippen LogP contribution < -0.4 is 10.6 Å². The van der Waals surface area contributed by atoms with Crippen LogP contribution in [-0.2, 0) is 6.42 Å². The Morgan fingerprint density at radius 2 is 2.25 bits per heavy atom. The van der Waals surface area contributed by atoms with Crippen molar-refractivity contribution in [2.45, 2.75) is 52.5 Å². The average molecular weight is 333 g/mol. The van der Waals surface area contributed by atoms with Crippen LogP contribution >= 0.6 is 0 Å². The second-order valence-electron chi connectivity index (χ2n) is 7.92. The van der Waals surface area contributed by atoms with Gasteiger partial charge in [-0.25, -0.2) is 4.79 Å². The lowest BCUT2D eigenvalue weighted by molar-refractivity contribution is 0.148. The Morgan fingerprint density at radius 1 is 1.46 bits per heavy atom. The minimum atomic E-state index is -0.133. The Kier molecular flexibility index (Phi) is 6.60. The topological polar surface area (TPSA) is 74.2 Å². The Morgan fingerprint density at radius 3 is 2.88 bits per heavy atom. The van der Waals surface area contributed by atoms with Crippen molar-refractivity contribution < 1.29 is 9.90 Å². The van der Waals surface area contributed by atoms with Gasteiger partial charge >= 0.3 is 6.03 Å². The van der Waals surface area contributed by atoms with E-state index < -0.39 is 0 Å². The molecule has 0 spiro atoms. The Bertz CT molecular complexity index is 519. The number of urea groups is 1. The van der Waals surface area contributed by atoms with Crippen LogP contribution in [0, 0.1) is 17.3 Å². The van der Waals surface area contributed by atoms with Gasteiger partial charge in [0.1, 0.15) is 0 Å². The molecule has 0 aromatic carbocycles. The molecule has 1 heterocycles. The molecule has 24 heavy (non-hydrogen) atoms. The van der Waals surface area contributed by atoms with E-state index >= 15 is 0 Å². The third-order valence-electron chi connectivity index (χ3n) is 5.04. The minimum Gasteiger partial charge on any atom is -0.396 e. The number of carbonyl (C=O) groups excluding carboxylic acids is 1. The molecule has 2 amide bonds. The summed E-state index contributed by atoms with van der Waals surface area (Å²) in [6.45, 7) is 7.28. The van der Waals surface area contributed by atoms with Crippen LogP contribution in [-0.4, -0.2) is 35.3 Å². The maximum absolute atomic E-state index is 12.2. The molecule has 3 atom stereocenters. The highest BCUT2D eigenvalue weighted by molar-refractivity contribution is 5.74. The average Bonchev–Trinajstić information content (AvgIpc) is 2.54. The molecular weight excluding hydrogens is 302 g/mol. The smallest absolute Gasteiger partial charge is 0.315 e. The number of amides is 2. The lowest BCUT2D eigenvalue weighted by Crippen LogP contribution is -2.49. The van der Waals surface area contributed by atoms with Crippen molar-refractivity contribution in [1.29, 1.82) is 0 Å². The number of aliphatic hydroxyl groups is 1. The van der Waals surface area contributed by atoms with Crippen molar-refractivity contribution >= 4 is 6.03 Å². The molecule has 3 N–H and O–H groups in total. The molecule has 3 unspecified atom stereocenters. The second kappa shape index (κ2) is 8.47. The van der Waals surface area contributed by atoms with Gasteiger partial charge in [-0.15, -0.1) is 0 Å². The summed E-state index contributed by atoms with van der Waals surface area (Å²) in [4.78, 5) is 16.4. The van der Waals surface area contributed by atoms with E-state index in [0.29, 0.717) is 24.3 Å². The largest absolute Gasteiger partial charge is 0.396 e. The maximum atomic E-state index is 12.2. The standard InChI is InChI=1S/C19H31N3O2/c1-14-11-19(2,3)8-7-17(14)22-18(24)21-12-15(13-23)10-16-6-4-5-9-20-16/h4-6,9,14-15,17,23H,7-8,10-13H2,1-3H3,(H2,21,22,24). The highest BCUT2D eigenvalue weighted by atomic mass is 16.3. The number of hydrogen-bond acceptors (Lipinski definition) is 3. The van der Waals surface area contributed by atoms with Gasteiger partial charge in [0.05, 0.1) is 0 Å². The summed E-state index contributed by atoms with van der Waals surface area (Å²) in [5.41, 5.74) is 1.31. The molecule has 1 aliphatic carbocycles. The highest BCUT2D eigenvalue weighted by Crippen LogP contribution is 2.38. The van der Waals surface area contributed by atoms with Gasteiger partial charge in [-0.1, -0.05) is 26.8 Å². The zero-order chi connectivity index (χ0) is 17.6. The van der Waals surface area contributed by atoms with Crippen LogP contribution in [0.1, 0.15) is 45.7 Å². The van der Waals surface area contributed by atoms with Crippen LogP contribution in [0.5, 0.6) is 0 Å². The minimum absolute atomic E-state index is 0.0200. The summed E-state index contributed by atoms with van der Waals surface area (Å²) in [6, 6.07) is 5.85. The van der Waals surface area contributed by atoms with Gasteiger partial charge in [0, 0.05) is 37.0 Å². The van der Waals surface area contributed by atoms with Gasteiger partial charge in [0.15, 0.2) is 0 Å². The van der Waals surface area contributed by atoms with Crippen molar-refractivity contribution in [3.63, 3.8) is 0 Å². The Labute approximate surface area is 145 Å². The third-order valence-corrected chi connectivity index (χ3v) is 5.04. The molecule has 0 saturated heterocycles. The second-order valence-corrected chi connectivity index (χ2v) is 7.92. The van der Waals surface area contributed by atoms with E-state index in [2.05, 4.69) is 36.4 Å².